The molecule has 0 amide bonds. The molecule has 182 valence electrons. The number of rotatable bonds is 9. The first-order chi connectivity index (χ1) is 13.9. The van der Waals surface area contributed by atoms with E-state index in [9.17, 15) is 0 Å². The highest BCUT2D eigenvalue weighted by molar-refractivity contribution is 8.09. The number of nitrogens with one attached hydrogen (secondary N) is 1. The third kappa shape index (κ3) is 17.5. The predicted molar refractivity (Wildman–Crippen MR) is 142 cm³/mol. The van der Waals surface area contributed by atoms with E-state index >= 15 is 0 Å². The summed E-state index contributed by atoms with van der Waals surface area (Å²) < 4.78 is 17.2. The Morgan fingerprint density at radius 2 is 1.39 bits per heavy atom. The monoisotopic (exact) mass is 511 g/mol. The normalized spacial score (nSPS) is 18.2. The molecule has 0 saturated carbocycles. The number of hydrogen-bond donors (Lipinski definition) is 2. The zero-order valence-corrected chi connectivity index (χ0v) is 24.3. The maximum Gasteiger partial charge on any atom is 0.186 e. The molecule has 0 aliphatic rings. The average molecular weight is 512 g/mol. The Labute approximate surface area is 201 Å². The Bertz CT molecular complexity index is 727. The quantitative estimate of drug-likeness (QED) is 0.376. The van der Waals surface area contributed by atoms with Gasteiger partial charge in [-0.15, -0.1) is 0 Å². The van der Waals surface area contributed by atoms with Gasteiger partial charge in [-0.25, -0.2) is 0 Å². The minimum atomic E-state index is -2.43. The summed E-state index contributed by atoms with van der Waals surface area (Å²) in [5.41, 5.74) is 1.29. The van der Waals surface area contributed by atoms with Crippen LogP contribution in [0.2, 0.25) is 0 Å². The van der Waals surface area contributed by atoms with Crippen molar-refractivity contribution in [1.82, 2.24) is 5.32 Å². The third-order valence-corrected chi connectivity index (χ3v) is 6.52. The topological polar surface area (TPSA) is 60.0 Å². The Kier molecular flexibility index (Phi) is 13.4. The highest BCUT2D eigenvalue weighted by atomic mass is 32.5. The van der Waals surface area contributed by atoms with Crippen LogP contribution in [0.1, 0.15) is 60.1 Å². The van der Waals surface area contributed by atoms with Crippen molar-refractivity contribution in [2.75, 3.05) is 33.6 Å². The molecule has 0 aliphatic heterocycles. The minimum absolute atomic E-state index is 0.0836. The summed E-state index contributed by atoms with van der Waals surface area (Å²) in [5.74, 6) is 0. The first-order valence-corrected chi connectivity index (χ1v) is 16.6. The van der Waals surface area contributed by atoms with Crippen molar-refractivity contribution in [3.63, 3.8) is 0 Å². The number of likely N-dealkylation sites (N-methyl/N-ethyl adjacent to an activating group) is 1. The highest BCUT2D eigenvalue weighted by Gasteiger charge is 2.26. The molecule has 1 rings (SSSR count). The molecule has 2 N–H and O–H groups in total. The van der Waals surface area contributed by atoms with Gasteiger partial charge in [-0.2, -0.15) is 0 Å². The van der Waals surface area contributed by atoms with Gasteiger partial charge in [-0.1, -0.05) is 71.9 Å². The van der Waals surface area contributed by atoms with Crippen LogP contribution in [0.15, 0.2) is 30.3 Å². The summed E-state index contributed by atoms with van der Waals surface area (Å²) in [6, 6.07) is 10.3. The summed E-state index contributed by atoms with van der Waals surface area (Å²) >= 11 is 10.3. The van der Waals surface area contributed by atoms with Crippen LogP contribution in [0, 0.1) is 10.8 Å². The van der Waals surface area contributed by atoms with E-state index in [0.717, 1.165) is 5.56 Å². The first-order valence-electron chi connectivity index (χ1n) is 10.4. The molecule has 4 atom stereocenters. The summed E-state index contributed by atoms with van der Waals surface area (Å²) in [4.78, 5) is 9.08. The van der Waals surface area contributed by atoms with E-state index in [4.69, 9.17) is 42.1 Å². The fourth-order valence-electron chi connectivity index (χ4n) is 2.10. The molecule has 31 heavy (non-hydrogen) atoms. The molecule has 0 spiro atoms. The van der Waals surface area contributed by atoms with E-state index in [1.807, 2.05) is 52.7 Å². The molecule has 5 nitrogen and oxygen atoms in total. The zero-order chi connectivity index (χ0) is 24.5. The Hall–Kier alpha value is 0.320. The van der Waals surface area contributed by atoms with Gasteiger partial charge in [0.25, 0.3) is 0 Å². The Balaban J connectivity index is 0.000000759. The molecule has 0 aromatic heterocycles. The fraction of sp³-hybridized carbons (Fsp3) is 0.727. The molecule has 0 bridgehead atoms. The van der Waals surface area contributed by atoms with E-state index in [0.29, 0.717) is 13.2 Å². The van der Waals surface area contributed by atoms with Crippen molar-refractivity contribution in [1.29, 1.82) is 0 Å². The zero-order valence-electron chi connectivity index (χ0n) is 20.8. The van der Waals surface area contributed by atoms with Crippen LogP contribution in [0.25, 0.3) is 0 Å². The van der Waals surface area contributed by atoms with Crippen molar-refractivity contribution < 1.29 is 18.5 Å². The molecule has 4 unspecified atom stereocenters. The molecule has 0 saturated heterocycles. The number of hydrogen-bond acceptors (Lipinski definition) is 6. The minimum Gasteiger partial charge on any atom is -0.345 e. The van der Waals surface area contributed by atoms with Gasteiger partial charge >= 0.3 is 0 Å². The van der Waals surface area contributed by atoms with Crippen LogP contribution >= 0.6 is 13.0 Å². The lowest BCUT2D eigenvalue weighted by Crippen LogP contribution is -2.30. The molecule has 0 heterocycles. The van der Waals surface area contributed by atoms with E-state index in [1.54, 1.807) is 6.66 Å². The molecule has 0 fully saturated rings. The van der Waals surface area contributed by atoms with Crippen molar-refractivity contribution >= 4 is 36.6 Å². The van der Waals surface area contributed by atoms with Crippen molar-refractivity contribution in [3.8, 4) is 0 Å². The van der Waals surface area contributed by atoms with Crippen LogP contribution in [0.5, 0.6) is 0 Å². The van der Waals surface area contributed by atoms with Gasteiger partial charge in [-0.3, -0.25) is 0 Å². The second kappa shape index (κ2) is 13.3. The molecule has 9 heteroatoms. The maximum atomic E-state index is 9.08. The summed E-state index contributed by atoms with van der Waals surface area (Å²) in [7, 11) is 1.93. The second-order valence-corrected chi connectivity index (χ2v) is 18.2. The predicted octanol–water partition coefficient (Wildman–Crippen LogP) is 6.33. The lowest BCUT2D eigenvalue weighted by molar-refractivity contribution is 0.129. The number of benzene rings is 1. The van der Waals surface area contributed by atoms with Crippen molar-refractivity contribution in [3.05, 3.63) is 35.9 Å². The van der Waals surface area contributed by atoms with Crippen LogP contribution in [-0.4, -0.2) is 44.5 Å². The average Bonchev–Trinajstić information content (AvgIpc) is 2.62. The Morgan fingerprint density at radius 3 is 1.74 bits per heavy atom. The Morgan fingerprint density at radius 1 is 0.935 bits per heavy atom. The van der Waals surface area contributed by atoms with Gasteiger partial charge in [0.15, 0.2) is 13.0 Å². The van der Waals surface area contributed by atoms with E-state index in [-0.39, 0.29) is 23.0 Å². The van der Waals surface area contributed by atoms with Crippen LogP contribution in [0.4, 0.5) is 0 Å². The smallest absolute Gasteiger partial charge is 0.186 e. The molecule has 0 aliphatic carbocycles. The van der Waals surface area contributed by atoms with Gasteiger partial charge in [0, 0.05) is 19.4 Å². The lowest BCUT2D eigenvalue weighted by atomic mass is 9.99. The second-order valence-electron chi connectivity index (χ2n) is 10.3. The molecular formula is C22H43NO4P2S2. The third-order valence-electron chi connectivity index (χ3n) is 3.81. The maximum absolute atomic E-state index is 9.08. The van der Waals surface area contributed by atoms with Gasteiger partial charge in [0.05, 0.1) is 13.2 Å². The van der Waals surface area contributed by atoms with E-state index in [2.05, 4.69) is 45.1 Å². The summed E-state index contributed by atoms with van der Waals surface area (Å²) in [6.07, 6.45) is -0.105. The van der Waals surface area contributed by atoms with Gasteiger partial charge < -0.3 is 23.8 Å². The van der Waals surface area contributed by atoms with E-state index < -0.39 is 13.0 Å². The molecule has 1 aromatic carbocycles. The van der Waals surface area contributed by atoms with E-state index in [1.165, 1.54) is 0 Å². The highest BCUT2D eigenvalue weighted by Crippen LogP contribution is 2.50. The summed E-state index contributed by atoms with van der Waals surface area (Å²) in [5, 5.41) is 3.25. The summed E-state index contributed by atoms with van der Waals surface area (Å²) in [6.45, 7) is 14.5. The van der Waals surface area contributed by atoms with Crippen LogP contribution in [0.3, 0.4) is 0 Å². The first kappa shape index (κ1) is 31.3. The largest absolute Gasteiger partial charge is 0.345 e. The lowest BCUT2D eigenvalue weighted by Gasteiger charge is -2.31. The van der Waals surface area contributed by atoms with Crippen LogP contribution in [-0.2, 0) is 37.2 Å². The molecule has 1 aromatic rings. The van der Waals surface area contributed by atoms with Gasteiger partial charge in [-0.05, 0) is 54.0 Å². The fourth-order valence-corrected chi connectivity index (χ4v) is 4.72. The molecule has 0 radical (unpaired) electrons. The van der Waals surface area contributed by atoms with Crippen molar-refractivity contribution in [2.45, 2.75) is 60.6 Å². The SMILES string of the molecule is CC(C)(C)COP(C)(O)=S.CNC(C)C(OP(C)(=S)OCC(C)(C)C)c1ccccc1. The van der Waals surface area contributed by atoms with Crippen molar-refractivity contribution in [2.24, 2.45) is 10.8 Å². The van der Waals surface area contributed by atoms with Crippen LogP contribution < -0.4 is 5.32 Å². The molecular weight excluding hydrogens is 468 g/mol. The van der Waals surface area contributed by atoms with Gasteiger partial charge in [0.1, 0.15) is 6.10 Å². The standard InChI is InChI=1S/C16H28NO2PS.C6H15O2PS/c1-13(17-5)15(14-10-8-7-9-11-14)19-20(6,21)18-12-16(2,3)4;1-6(2,3)5-8-9(4,7)10/h7-11,13,15,17H,12H2,1-6H3;5H2,1-4H3,(H,7,10). The van der Waals surface area contributed by atoms with Gasteiger partial charge in [0.2, 0.25) is 0 Å².